The Morgan fingerprint density at radius 2 is 1.79 bits per heavy atom. The maximum Gasteiger partial charge on any atom is 0.309 e. The molecule has 2 nitrogen and oxygen atoms in total. The summed E-state index contributed by atoms with van der Waals surface area (Å²) in [5.74, 6) is -0.640. The second-order valence-electron chi connectivity index (χ2n) is 6.52. The van der Waals surface area contributed by atoms with E-state index in [0.29, 0.717) is 6.42 Å². The van der Waals surface area contributed by atoms with Gasteiger partial charge in [0, 0.05) is 4.47 Å². The highest BCUT2D eigenvalue weighted by atomic mass is 79.9. The summed E-state index contributed by atoms with van der Waals surface area (Å²) >= 11 is 3.53. The highest BCUT2D eigenvalue weighted by Crippen LogP contribution is 2.47. The Morgan fingerprint density at radius 1 is 1.21 bits per heavy atom. The van der Waals surface area contributed by atoms with E-state index in [2.05, 4.69) is 29.8 Å². The second kappa shape index (κ2) is 5.28. The zero-order valence-corrected chi connectivity index (χ0v) is 13.2. The number of hydrogen-bond donors (Lipinski definition) is 1. The monoisotopic (exact) mass is 324 g/mol. The van der Waals surface area contributed by atoms with Crippen molar-refractivity contribution in [2.24, 2.45) is 10.8 Å². The van der Waals surface area contributed by atoms with Crippen LogP contribution in [-0.2, 0) is 11.2 Å². The third-order valence-electron chi connectivity index (χ3n) is 4.50. The predicted molar refractivity (Wildman–Crippen MR) is 80.2 cm³/mol. The molecule has 0 spiro atoms. The molecule has 1 aliphatic carbocycles. The van der Waals surface area contributed by atoms with Gasteiger partial charge in [-0.1, -0.05) is 48.0 Å². The van der Waals surface area contributed by atoms with E-state index in [9.17, 15) is 9.90 Å². The normalized spacial score (nSPS) is 21.0. The Kier molecular flexibility index (Phi) is 4.05. The summed E-state index contributed by atoms with van der Waals surface area (Å²) in [4.78, 5) is 11.8. The topological polar surface area (TPSA) is 37.3 Å². The zero-order chi connectivity index (χ0) is 14.1. The van der Waals surface area contributed by atoms with Crippen molar-refractivity contribution in [2.45, 2.75) is 46.0 Å². The number of aliphatic carboxylic acids is 1. The van der Waals surface area contributed by atoms with Crippen molar-refractivity contribution in [1.82, 2.24) is 0 Å². The molecule has 2 rings (SSSR count). The predicted octanol–water partition coefficient (Wildman–Crippen LogP) is 4.66. The van der Waals surface area contributed by atoms with Crippen LogP contribution < -0.4 is 0 Å². The molecule has 0 aromatic heterocycles. The van der Waals surface area contributed by atoms with Gasteiger partial charge in [-0.3, -0.25) is 4.79 Å². The zero-order valence-electron chi connectivity index (χ0n) is 11.6. The van der Waals surface area contributed by atoms with Crippen LogP contribution in [0.2, 0.25) is 0 Å². The van der Waals surface area contributed by atoms with Crippen LogP contribution in [0.25, 0.3) is 0 Å². The Labute approximate surface area is 123 Å². The van der Waals surface area contributed by atoms with Crippen molar-refractivity contribution in [2.75, 3.05) is 0 Å². The quantitative estimate of drug-likeness (QED) is 0.877. The molecule has 1 N–H and O–H groups in total. The Hall–Kier alpha value is -0.830. The van der Waals surface area contributed by atoms with Gasteiger partial charge in [0.05, 0.1) is 5.41 Å². The smallest absolute Gasteiger partial charge is 0.309 e. The minimum Gasteiger partial charge on any atom is -0.481 e. The van der Waals surface area contributed by atoms with E-state index < -0.39 is 11.4 Å². The van der Waals surface area contributed by atoms with Gasteiger partial charge in [-0.2, -0.15) is 0 Å². The first-order valence-electron chi connectivity index (χ1n) is 6.82. The molecule has 0 radical (unpaired) electrons. The van der Waals surface area contributed by atoms with Gasteiger partial charge in [0.15, 0.2) is 0 Å². The van der Waals surface area contributed by atoms with Crippen LogP contribution >= 0.6 is 15.9 Å². The van der Waals surface area contributed by atoms with E-state index in [1.54, 1.807) is 0 Å². The molecule has 1 saturated carbocycles. The lowest BCUT2D eigenvalue weighted by Crippen LogP contribution is -2.39. The maximum atomic E-state index is 11.8. The summed E-state index contributed by atoms with van der Waals surface area (Å²) in [5.41, 5.74) is 0.802. The number of carboxylic acids is 1. The van der Waals surface area contributed by atoms with Crippen molar-refractivity contribution >= 4 is 21.9 Å². The third-order valence-corrected chi connectivity index (χ3v) is 5.27. The average molecular weight is 325 g/mol. The van der Waals surface area contributed by atoms with Crippen LogP contribution in [0.5, 0.6) is 0 Å². The van der Waals surface area contributed by atoms with Crippen molar-refractivity contribution < 1.29 is 9.90 Å². The van der Waals surface area contributed by atoms with Crippen LogP contribution in [-0.4, -0.2) is 11.1 Å². The fourth-order valence-corrected chi connectivity index (χ4v) is 3.30. The van der Waals surface area contributed by atoms with E-state index in [4.69, 9.17) is 0 Å². The van der Waals surface area contributed by atoms with E-state index in [-0.39, 0.29) is 5.41 Å². The number of carboxylic acid groups (broad SMARTS) is 1. The fourth-order valence-electron chi connectivity index (χ4n) is 2.88. The number of benzene rings is 1. The van der Waals surface area contributed by atoms with E-state index >= 15 is 0 Å². The standard InChI is InChI=1S/C16H21BrO2/c1-15(2)7-9-16(10-8-15,14(18)19)11-12-5-3-4-6-13(12)17/h3-6H,7-11H2,1-2H3,(H,18,19). The largest absolute Gasteiger partial charge is 0.481 e. The van der Waals surface area contributed by atoms with Crippen molar-refractivity contribution in [1.29, 1.82) is 0 Å². The molecular formula is C16H21BrO2. The molecule has 0 aliphatic heterocycles. The summed E-state index contributed by atoms with van der Waals surface area (Å²) in [5, 5.41) is 9.70. The molecule has 1 aromatic carbocycles. The molecule has 0 heterocycles. The van der Waals surface area contributed by atoms with Crippen LogP contribution in [0.15, 0.2) is 28.7 Å². The van der Waals surface area contributed by atoms with Crippen molar-refractivity contribution in [3.05, 3.63) is 34.3 Å². The SMILES string of the molecule is CC1(C)CCC(Cc2ccccc2Br)(C(=O)O)CC1. The number of hydrogen-bond acceptors (Lipinski definition) is 1. The van der Waals surface area contributed by atoms with Crippen LogP contribution in [0.1, 0.15) is 45.1 Å². The molecule has 104 valence electrons. The van der Waals surface area contributed by atoms with Crippen LogP contribution in [0.4, 0.5) is 0 Å². The maximum absolute atomic E-state index is 11.8. The van der Waals surface area contributed by atoms with Crippen LogP contribution in [0, 0.1) is 10.8 Å². The van der Waals surface area contributed by atoms with Gasteiger partial charge < -0.3 is 5.11 Å². The lowest BCUT2D eigenvalue weighted by Gasteiger charge is -2.41. The first-order valence-corrected chi connectivity index (χ1v) is 7.61. The van der Waals surface area contributed by atoms with E-state index in [0.717, 1.165) is 35.7 Å². The number of halogens is 1. The molecule has 0 atom stereocenters. The fraction of sp³-hybridized carbons (Fsp3) is 0.562. The van der Waals surface area contributed by atoms with Crippen molar-refractivity contribution in [3.8, 4) is 0 Å². The van der Waals surface area contributed by atoms with Gasteiger partial charge in [0.25, 0.3) is 0 Å². The van der Waals surface area contributed by atoms with Gasteiger partial charge >= 0.3 is 5.97 Å². The Morgan fingerprint density at radius 3 is 2.32 bits per heavy atom. The minimum absolute atomic E-state index is 0.285. The average Bonchev–Trinajstić information content (AvgIpc) is 2.34. The summed E-state index contributed by atoms with van der Waals surface area (Å²) < 4.78 is 1.01. The Bertz CT molecular complexity index is 469. The van der Waals surface area contributed by atoms with Crippen LogP contribution in [0.3, 0.4) is 0 Å². The highest BCUT2D eigenvalue weighted by Gasteiger charge is 2.44. The van der Waals surface area contributed by atoms with E-state index in [1.165, 1.54) is 0 Å². The number of carbonyl (C=O) groups is 1. The third kappa shape index (κ3) is 3.19. The highest BCUT2D eigenvalue weighted by molar-refractivity contribution is 9.10. The van der Waals surface area contributed by atoms with Gasteiger partial charge in [-0.15, -0.1) is 0 Å². The Balaban J connectivity index is 2.23. The molecule has 19 heavy (non-hydrogen) atoms. The lowest BCUT2D eigenvalue weighted by atomic mass is 9.63. The van der Waals surface area contributed by atoms with Crippen molar-refractivity contribution in [3.63, 3.8) is 0 Å². The second-order valence-corrected chi connectivity index (χ2v) is 7.37. The summed E-state index contributed by atoms with van der Waals surface area (Å²) in [6.07, 6.45) is 4.15. The molecule has 0 unspecified atom stereocenters. The number of rotatable bonds is 3. The summed E-state index contributed by atoms with van der Waals surface area (Å²) in [6, 6.07) is 7.94. The minimum atomic E-state index is -0.640. The molecule has 3 heteroatoms. The molecule has 1 fully saturated rings. The van der Waals surface area contributed by atoms with E-state index in [1.807, 2.05) is 24.3 Å². The van der Waals surface area contributed by atoms with Gasteiger partial charge in [-0.05, 0) is 49.1 Å². The summed E-state index contributed by atoms with van der Waals surface area (Å²) in [6.45, 7) is 4.47. The first kappa shape index (κ1) is 14.6. The summed E-state index contributed by atoms with van der Waals surface area (Å²) in [7, 11) is 0. The molecule has 0 saturated heterocycles. The first-order chi connectivity index (χ1) is 8.85. The molecule has 1 aromatic rings. The molecule has 0 amide bonds. The molecule has 0 bridgehead atoms. The lowest BCUT2D eigenvalue weighted by molar-refractivity contribution is -0.152. The van der Waals surface area contributed by atoms with Gasteiger partial charge in [0.2, 0.25) is 0 Å². The molecular weight excluding hydrogens is 304 g/mol. The van der Waals surface area contributed by atoms with Gasteiger partial charge in [-0.25, -0.2) is 0 Å². The van der Waals surface area contributed by atoms with Gasteiger partial charge in [0.1, 0.15) is 0 Å². The molecule has 1 aliphatic rings.